The Hall–Kier alpha value is -3.32. The monoisotopic (exact) mass is 329 g/mol. The van der Waals surface area contributed by atoms with Crippen molar-refractivity contribution in [2.45, 2.75) is 12.8 Å². The van der Waals surface area contributed by atoms with Gasteiger partial charge in [-0.2, -0.15) is 5.26 Å². The van der Waals surface area contributed by atoms with Crippen molar-refractivity contribution in [2.24, 2.45) is 0 Å². The van der Waals surface area contributed by atoms with Crippen molar-refractivity contribution in [1.82, 2.24) is 10.3 Å². The molecule has 25 heavy (non-hydrogen) atoms. The maximum absolute atomic E-state index is 12.2. The van der Waals surface area contributed by atoms with Crippen molar-refractivity contribution in [3.8, 4) is 6.07 Å². The molecule has 0 aliphatic heterocycles. The Kier molecular flexibility index (Phi) is 5.28. The van der Waals surface area contributed by atoms with E-state index in [0.29, 0.717) is 6.54 Å². The van der Waals surface area contributed by atoms with Crippen molar-refractivity contribution in [3.63, 3.8) is 0 Å². The molecule has 3 aromatic rings. The molecule has 0 spiro atoms. The van der Waals surface area contributed by atoms with Gasteiger partial charge < -0.3 is 10.3 Å². The van der Waals surface area contributed by atoms with Crippen LogP contribution in [0.25, 0.3) is 17.0 Å². The molecule has 0 saturated carbocycles. The quantitative estimate of drug-likeness (QED) is 0.410. The third kappa shape index (κ3) is 4.15. The minimum Gasteiger partial charge on any atom is -0.361 e. The number of hydrogen-bond donors (Lipinski definition) is 2. The fraction of sp³-hybridized carbons (Fsp3) is 0.143. The van der Waals surface area contributed by atoms with Gasteiger partial charge in [-0.25, -0.2) is 0 Å². The number of benzene rings is 2. The lowest BCUT2D eigenvalue weighted by atomic mass is 10.1. The van der Waals surface area contributed by atoms with E-state index in [-0.39, 0.29) is 11.5 Å². The van der Waals surface area contributed by atoms with Crippen molar-refractivity contribution < 1.29 is 4.79 Å². The van der Waals surface area contributed by atoms with Gasteiger partial charge in [-0.1, -0.05) is 48.5 Å². The van der Waals surface area contributed by atoms with Crippen LogP contribution in [0, 0.1) is 11.3 Å². The molecule has 3 rings (SSSR count). The van der Waals surface area contributed by atoms with Crippen LogP contribution in [0.3, 0.4) is 0 Å². The molecule has 0 atom stereocenters. The number of carbonyl (C=O) groups is 1. The molecule has 4 heteroatoms. The number of aromatic amines is 1. The highest BCUT2D eigenvalue weighted by Crippen LogP contribution is 2.20. The summed E-state index contributed by atoms with van der Waals surface area (Å²) in [5.74, 6) is -0.333. The number of H-pyrrole nitrogens is 1. The van der Waals surface area contributed by atoms with Gasteiger partial charge >= 0.3 is 0 Å². The molecule has 0 bridgehead atoms. The van der Waals surface area contributed by atoms with E-state index < -0.39 is 0 Å². The van der Waals surface area contributed by atoms with Gasteiger partial charge in [0.05, 0.1) is 0 Å². The molecule has 4 nitrogen and oxygen atoms in total. The zero-order valence-corrected chi connectivity index (χ0v) is 13.8. The first-order valence-corrected chi connectivity index (χ1v) is 8.28. The van der Waals surface area contributed by atoms with Crippen LogP contribution in [-0.2, 0) is 11.2 Å². The number of para-hydroxylation sites is 1. The first kappa shape index (κ1) is 16.5. The molecule has 2 aromatic carbocycles. The number of carbonyl (C=O) groups excluding carboxylic acids is 1. The highest BCUT2D eigenvalue weighted by molar-refractivity contribution is 6.03. The molecule has 0 unspecified atom stereocenters. The fourth-order valence-corrected chi connectivity index (χ4v) is 2.75. The van der Waals surface area contributed by atoms with Crippen molar-refractivity contribution in [2.75, 3.05) is 6.54 Å². The number of nitrogens with one attached hydrogen (secondary N) is 2. The van der Waals surface area contributed by atoms with Gasteiger partial charge in [-0.05, 0) is 30.5 Å². The first-order valence-electron chi connectivity index (χ1n) is 8.28. The van der Waals surface area contributed by atoms with E-state index in [2.05, 4.69) is 22.4 Å². The lowest BCUT2D eigenvalue weighted by Crippen LogP contribution is -2.25. The van der Waals surface area contributed by atoms with Crippen molar-refractivity contribution in [1.29, 1.82) is 5.26 Å². The molecule has 0 fully saturated rings. The SMILES string of the molecule is N#C/C(=C\c1c[nH]c2ccccc12)C(=O)NCCCc1ccccc1. The molecular weight excluding hydrogens is 310 g/mol. The van der Waals surface area contributed by atoms with E-state index in [1.165, 1.54) is 5.56 Å². The molecule has 0 aliphatic carbocycles. The van der Waals surface area contributed by atoms with Crippen LogP contribution in [0.2, 0.25) is 0 Å². The minimum absolute atomic E-state index is 0.115. The molecule has 1 heterocycles. The van der Waals surface area contributed by atoms with Gasteiger partial charge in [0.15, 0.2) is 0 Å². The molecule has 0 saturated heterocycles. The van der Waals surface area contributed by atoms with E-state index in [9.17, 15) is 10.1 Å². The third-order valence-corrected chi connectivity index (χ3v) is 4.06. The van der Waals surface area contributed by atoms with E-state index in [1.54, 1.807) is 6.08 Å². The van der Waals surface area contributed by atoms with Gasteiger partial charge in [-0.15, -0.1) is 0 Å². The van der Waals surface area contributed by atoms with E-state index in [4.69, 9.17) is 0 Å². The second kappa shape index (κ2) is 7.98. The average Bonchev–Trinajstić information content (AvgIpc) is 3.07. The predicted molar refractivity (Wildman–Crippen MR) is 99.7 cm³/mol. The van der Waals surface area contributed by atoms with E-state index in [1.807, 2.05) is 54.7 Å². The van der Waals surface area contributed by atoms with Crippen LogP contribution in [0.5, 0.6) is 0 Å². The molecule has 124 valence electrons. The largest absolute Gasteiger partial charge is 0.361 e. The van der Waals surface area contributed by atoms with Gasteiger partial charge in [0.1, 0.15) is 11.6 Å². The van der Waals surface area contributed by atoms with Gasteiger partial charge in [-0.3, -0.25) is 4.79 Å². The summed E-state index contributed by atoms with van der Waals surface area (Å²) in [6, 6.07) is 19.9. The van der Waals surface area contributed by atoms with Gasteiger partial charge in [0.25, 0.3) is 5.91 Å². The Balaban J connectivity index is 1.60. The molecule has 2 N–H and O–H groups in total. The Morgan fingerprint density at radius 3 is 2.68 bits per heavy atom. The highest BCUT2D eigenvalue weighted by atomic mass is 16.1. The number of aryl methyl sites for hydroxylation is 1. The lowest BCUT2D eigenvalue weighted by Gasteiger charge is -2.04. The highest BCUT2D eigenvalue weighted by Gasteiger charge is 2.10. The molecule has 0 radical (unpaired) electrons. The number of nitrogens with zero attached hydrogens (tertiary/aromatic N) is 1. The zero-order valence-electron chi connectivity index (χ0n) is 13.8. The van der Waals surface area contributed by atoms with Crippen LogP contribution < -0.4 is 5.32 Å². The summed E-state index contributed by atoms with van der Waals surface area (Å²) in [6.45, 7) is 0.542. The zero-order chi connectivity index (χ0) is 17.5. The van der Waals surface area contributed by atoms with Crippen LogP contribution in [0.15, 0.2) is 66.4 Å². The summed E-state index contributed by atoms with van der Waals surface area (Å²) in [5, 5.41) is 13.1. The number of nitriles is 1. The Morgan fingerprint density at radius 1 is 1.12 bits per heavy atom. The van der Waals surface area contributed by atoms with Crippen LogP contribution >= 0.6 is 0 Å². The van der Waals surface area contributed by atoms with E-state index in [0.717, 1.165) is 29.3 Å². The van der Waals surface area contributed by atoms with E-state index >= 15 is 0 Å². The third-order valence-electron chi connectivity index (χ3n) is 4.06. The Labute approximate surface area is 146 Å². The predicted octanol–water partition coefficient (Wildman–Crippen LogP) is 3.82. The van der Waals surface area contributed by atoms with Crippen molar-refractivity contribution >= 4 is 22.9 Å². The molecular formula is C21H19N3O. The molecule has 0 aliphatic rings. The number of hydrogen-bond acceptors (Lipinski definition) is 2. The topological polar surface area (TPSA) is 68.7 Å². The Morgan fingerprint density at radius 2 is 1.88 bits per heavy atom. The summed E-state index contributed by atoms with van der Waals surface area (Å²) in [5.41, 5.74) is 3.18. The maximum Gasteiger partial charge on any atom is 0.261 e. The van der Waals surface area contributed by atoms with Crippen LogP contribution in [0.4, 0.5) is 0 Å². The number of aromatic nitrogens is 1. The maximum atomic E-state index is 12.2. The fourth-order valence-electron chi connectivity index (χ4n) is 2.75. The molecule has 1 amide bonds. The Bertz CT molecular complexity index is 932. The lowest BCUT2D eigenvalue weighted by molar-refractivity contribution is -0.117. The number of fused-ring (bicyclic) bond motifs is 1. The van der Waals surface area contributed by atoms with Gasteiger partial charge in [0.2, 0.25) is 0 Å². The second-order valence-electron chi connectivity index (χ2n) is 5.80. The summed E-state index contributed by atoms with van der Waals surface area (Å²) >= 11 is 0. The first-order chi connectivity index (χ1) is 12.3. The summed E-state index contributed by atoms with van der Waals surface area (Å²) in [7, 11) is 0. The van der Waals surface area contributed by atoms with Crippen molar-refractivity contribution in [3.05, 3.63) is 77.5 Å². The standard InChI is InChI=1S/C21H19N3O/c22-14-17(13-18-15-24-20-11-5-4-10-19(18)20)21(25)23-12-6-9-16-7-2-1-3-8-16/h1-5,7-8,10-11,13,15,24H,6,9,12H2,(H,23,25)/b17-13+. The second-order valence-corrected chi connectivity index (χ2v) is 5.80. The van der Waals surface area contributed by atoms with Gasteiger partial charge in [0, 0.05) is 29.2 Å². The van der Waals surface area contributed by atoms with Crippen LogP contribution in [-0.4, -0.2) is 17.4 Å². The minimum atomic E-state index is -0.333. The number of amides is 1. The smallest absolute Gasteiger partial charge is 0.261 e. The summed E-state index contributed by atoms with van der Waals surface area (Å²) in [4.78, 5) is 15.4. The average molecular weight is 329 g/mol. The summed E-state index contributed by atoms with van der Waals surface area (Å²) in [6.07, 6.45) is 5.17. The molecule has 1 aromatic heterocycles. The number of rotatable bonds is 6. The van der Waals surface area contributed by atoms with Crippen LogP contribution in [0.1, 0.15) is 17.5 Å². The summed E-state index contributed by atoms with van der Waals surface area (Å²) < 4.78 is 0. The normalized spacial score (nSPS) is 11.2.